The molecule has 0 radical (unpaired) electrons. The Balaban J connectivity index is 1.38. The Hall–Kier alpha value is -4.82. The highest BCUT2D eigenvalue weighted by molar-refractivity contribution is 6.33. The maximum Gasteiger partial charge on any atom is 0.263 e. The molecule has 15 heteroatoms. The van der Waals surface area contributed by atoms with Gasteiger partial charge < -0.3 is 44.4 Å². The predicted molar refractivity (Wildman–Crippen MR) is 152 cm³/mol. The van der Waals surface area contributed by atoms with Crippen molar-refractivity contribution in [2.24, 2.45) is 12.8 Å². The van der Waals surface area contributed by atoms with E-state index < -0.39 is 23.1 Å². The molecule has 0 unspecified atom stereocenters. The summed E-state index contributed by atoms with van der Waals surface area (Å²) in [5.74, 6) is -1.10. The smallest absolute Gasteiger partial charge is 0.263 e. The number of carbonyl (C=O) groups excluding carboxylic acids is 2. The summed E-state index contributed by atoms with van der Waals surface area (Å²) >= 11 is 6.38. The third-order valence-corrected chi connectivity index (χ3v) is 7.50. The molecule has 3 aromatic heterocycles. The van der Waals surface area contributed by atoms with Gasteiger partial charge in [-0.15, -0.1) is 0 Å². The lowest BCUT2D eigenvalue weighted by Gasteiger charge is -2.34. The van der Waals surface area contributed by atoms with E-state index >= 15 is 0 Å². The van der Waals surface area contributed by atoms with Gasteiger partial charge >= 0.3 is 0 Å². The number of rotatable bonds is 6. The number of aryl methyl sites for hydroxylation is 1. The zero-order valence-electron chi connectivity index (χ0n) is 22.6. The summed E-state index contributed by atoms with van der Waals surface area (Å²) in [4.78, 5) is 49.6. The van der Waals surface area contributed by atoms with E-state index in [9.17, 15) is 19.5 Å². The van der Waals surface area contributed by atoms with Crippen molar-refractivity contribution >= 4 is 46.0 Å². The number of pyridine rings is 1. The Kier molecular flexibility index (Phi) is 6.86. The van der Waals surface area contributed by atoms with Gasteiger partial charge in [0, 0.05) is 37.0 Å². The summed E-state index contributed by atoms with van der Waals surface area (Å²) in [6.07, 6.45) is 4.37. The standard InChI is InChI=1S/C27H26ClN7O7/c1-13-10-40-4-3-35(13)19-6-18(17(28)7-30-19)32-20(36)9-34-8-16(21-26(34)31-11-33(2)27(21)39)14-5-15(25(29)38)22(37)24-23(14)41-12-42-24/h5-8,11,13,37H,3-4,9-10,12H2,1-2H3,(H2,29,38)(H,30,32,36)/t13-/m0/s1. The van der Waals surface area contributed by atoms with E-state index in [4.69, 9.17) is 31.5 Å². The number of aromatic nitrogens is 4. The van der Waals surface area contributed by atoms with E-state index in [0.29, 0.717) is 36.8 Å². The van der Waals surface area contributed by atoms with Gasteiger partial charge in [-0.1, -0.05) is 11.6 Å². The number of hydrogen-bond donors (Lipinski definition) is 3. The van der Waals surface area contributed by atoms with Gasteiger partial charge in [-0.05, 0) is 13.0 Å². The predicted octanol–water partition coefficient (Wildman–Crippen LogP) is 1.85. The summed E-state index contributed by atoms with van der Waals surface area (Å²) in [7, 11) is 1.54. The van der Waals surface area contributed by atoms with Crippen molar-refractivity contribution in [3.63, 3.8) is 0 Å². The summed E-state index contributed by atoms with van der Waals surface area (Å²) in [5.41, 5.74) is 6.03. The molecule has 4 N–H and O–H groups in total. The average Bonchev–Trinajstić information content (AvgIpc) is 3.59. The first kappa shape index (κ1) is 27.4. The van der Waals surface area contributed by atoms with Gasteiger partial charge in [0.05, 0.1) is 53.4 Å². The Labute approximate surface area is 243 Å². The number of benzene rings is 1. The van der Waals surface area contributed by atoms with Crippen molar-refractivity contribution in [1.82, 2.24) is 19.1 Å². The number of nitrogens with zero attached hydrogens (tertiary/aromatic N) is 5. The van der Waals surface area contributed by atoms with Crippen molar-refractivity contribution in [2.45, 2.75) is 19.5 Å². The Morgan fingerprint density at radius 1 is 1.21 bits per heavy atom. The lowest BCUT2D eigenvalue weighted by Crippen LogP contribution is -2.44. The van der Waals surface area contributed by atoms with Crippen LogP contribution in [0.25, 0.3) is 22.2 Å². The SMILES string of the molecule is C[C@H]1COCCN1c1cc(NC(=O)Cn2cc(-c3cc(C(N)=O)c(O)c4c3OCO4)c3c(=O)n(C)cnc32)c(Cl)cn1. The Morgan fingerprint density at radius 3 is 2.76 bits per heavy atom. The minimum atomic E-state index is -0.902. The van der Waals surface area contributed by atoms with Crippen molar-refractivity contribution in [1.29, 1.82) is 0 Å². The minimum absolute atomic E-state index is 0.0709. The maximum absolute atomic E-state index is 13.3. The molecular formula is C27H26ClN7O7. The molecule has 5 heterocycles. The molecule has 14 nitrogen and oxygen atoms in total. The number of morpholine rings is 1. The van der Waals surface area contributed by atoms with Crippen molar-refractivity contribution < 1.29 is 28.9 Å². The van der Waals surface area contributed by atoms with Gasteiger partial charge in [0.2, 0.25) is 18.4 Å². The quantitative estimate of drug-likeness (QED) is 0.298. The average molecular weight is 596 g/mol. The van der Waals surface area contributed by atoms with Gasteiger partial charge in [0.1, 0.15) is 18.0 Å². The Morgan fingerprint density at radius 2 is 2.00 bits per heavy atom. The molecule has 218 valence electrons. The second-order valence-corrected chi connectivity index (χ2v) is 10.4. The first-order valence-corrected chi connectivity index (χ1v) is 13.3. The summed E-state index contributed by atoms with van der Waals surface area (Å²) in [5, 5.41) is 13.7. The van der Waals surface area contributed by atoms with Crippen LogP contribution in [0.15, 0.2) is 35.6 Å². The number of phenols is 1. The van der Waals surface area contributed by atoms with Crippen molar-refractivity contribution in [3.8, 4) is 28.4 Å². The van der Waals surface area contributed by atoms with Gasteiger partial charge in [0.15, 0.2) is 11.5 Å². The molecule has 2 aliphatic rings. The number of primary amides is 1. The van der Waals surface area contributed by atoms with Crippen LogP contribution in [-0.2, 0) is 23.1 Å². The van der Waals surface area contributed by atoms with E-state index in [2.05, 4.69) is 20.2 Å². The van der Waals surface area contributed by atoms with E-state index in [-0.39, 0.29) is 58.1 Å². The lowest BCUT2D eigenvalue weighted by atomic mass is 10.0. The number of halogens is 1. The van der Waals surface area contributed by atoms with Gasteiger partial charge in [-0.2, -0.15) is 0 Å². The molecule has 4 aromatic rings. The highest BCUT2D eigenvalue weighted by Crippen LogP contribution is 2.50. The first-order chi connectivity index (χ1) is 20.1. The second kappa shape index (κ2) is 10.5. The van der Waals surface area contributed by atoms with Crippen molar-refractivity contribution in [3.05, 3.63) is 51.8 Å². The fraction of sp³-hybridized carbons (Fsp3) is 0.296. The van der Waals surface area contributed by atoms with Gasteiger partial charge in [-0.3, -0.25) is 14.4 Å². The molecule has 0 saturated carbocycles. The van der Waals surface area contributed by atoms with Crippen LogP contribution >= 0.6 is 11.6 Å². The number of ether oxygens (including phenoxy) is 3. The minimum Gasteiger partial charge on any atom is -0.504 e. The third kappa shape index (κ3) is 4.63. The molecule has 2 aliphatic heterocycles. The molecule has 2 amide bonds. The summed E-state index contributed by atoms with van der Waals surface area (Å²) < 4.78 is 19.3. The molecule has 0 bridgehead atoms. The van der Waals surface area contributed by atoms with Crippen LogP contribution in [0.4, 0.5) is 11.5 Å². The monoisotopic (exact) mass is 595 g/mol. The van der Waals surface area contributed by atoms with Crippen LogP contribution in [0.1, 0.15) is 17.3 Å². The largest absolute Gasteiger partial charge is 0.504 e. The van der Waals surface area contributed by atoms with Crippen LogP contribution < -0.4 is 31.0 Å². The first-order valence-electron chi connectivity index (χ1n) is 12.9. The number of nitrogens with one attached hydrogen (secondary N) is 1. The van der Waals surface area contributed by atoms with E-state index in [1.54, 1.807) is 12.3 Å². The van der Waals surface area contributed by atoms with Gasteiger partial charge in [0.25, 0.3) is 11.5 Å². The number of anilines is 2. The van der Waals surface area contributed by atoms with Crippen LogP contribution in [-0.4, -0.2) is 68.6 Å². The molecular weight excluding hydrogens is 570 g/mol. The topological polar surface area (TPSA) is 176 Å². The number of nitrogens with two attached hydrogens (primary N) is 1. The maximum atomic E-state index is 13.3. The molecule has 0 spiro atoms. The molecule has 0 aliphatic carbocycles. The van der Waals surface area contributed by atoms with E-state index in [1.807, 2.05) is 6.92 Å². The number of carbonyl (C=O) groups is 2. The normalized spacial score (nSPS) is 16.2. The summed E-state index contributed by atoms with van der Waals surface area (Å²) in [6, 6.07) is 3.12. The van der Waals surface area contributed by atoms with Crippen LogP contribution in [0, 0.1) is 0 Å². The molecule has 1 atom stereocenters. The van der Waals surface area contributed by atoms with Crippen LogP contribution in [0.2, 0.25) is 5.02 Å². The molecule has 42 heavy (non-hydrogen) atoms. The fourth-order valence-electron chi connectivity index (χ4n) is 5.13. The zero-order valence-corrected chi connectivity index (χ0v) is 23.3. The lowest BCUT2D eigenvalue weighted by molar-refractivity contribution is -0.116. The van der Waals surface area contributed by atoms with E-state index in [0.717, 1.165) is 0 Å². The Bertz CT molecular complexity index is 1820. The summed E-state index contributed by atoms with van der Waals surface area (Å²) in [6.45, 7) is 3.34. The highest BCUT2D eigenvalue weighted by Gasteiger charge is 2.30. The number of hydrogen-bond acceptors (Lipinski definition) is 10. The second-order valence-electron chi connectivity index (χ2n) is 9.97. The third-order valence-electron chi connectivity index (χ3n) is 7.20. The number of amides is 2. The molecule has 1 saturated heterocycles. The van der Waals surface area contributed by atoms with Crippen LogP contribution in [0.5, 0.6) is 17.2 Å². The molecule has 1 fully saturated rings. The van der Waals surface area contributed by atoms with Crippen molar-refractivity contribution in [2.75, 3.05) is 36.8 Å². The molecule has 1 aromatic carbocycles. The molecule has 6 rings (SSSR count). The van der Waals surface area contributed by atoms with Crippen LogP contribution in [0.3, 0.4) is 0 Å². The van der Waals surface area contributed by atoms with Gasteiger partial charge in [-0.25, -0.2) is 9.97 Å². The fourth-order valence-corrected chi connectivity index (χ4v) is 5.28. The number of aromatic hydroxyl groups is 1. The number of fused-ring (bicyclic) bond motifs is 2. The highest BCUT2D eigenvalue weighted by atomic mass is 35.5. The van der Waals surface area contributed by atoms with E-state index in [1.165, 1.54) is 34.8 Å². The zero-order chi connectivity index (χ0) is 29.7.